The van der Waals surface area contributed by atoms with E-state index in [1.807, 2.05) is 25.1 Å². The third-order valence-electron chi connectivity index (χ3n) is 3.26. The maximum absolute atomic E-state index is 12.5. The van der Waals surface area contributed by atoms with Gasteiger partial charge in [-0.05, 0) is 42.7 Å². The second-order valence-electron chi connectivity index (χ2n) is 4.59. The Morgan fingerprint density at radius 2 is 1.80 bits per heavy atom. The highest BCUT2D eigenvalue weighted by atomic mass is 32.2. The number of nitrogens with one attached hydrogen (secondary N) is 1. The molecule has 4 nitrogen and oxygen atoms in total. The van der Waals surface area contributed by atoms with Crippen LogP contribution in [0.3, 0.4) is 0 Å². The summed E-state index contributed by atoms with van der Waals surface area (Å²) in [6, 6.07) is 12.3. The zero-order valence-corrected chi connectivity index (χ0v) is 12.4. The Morgan fingerprint density at radius 3 is 2.50 bits per heavy atom. The van der Waals surface area contributed by atoms with Crippen molar-refractivity contribution in [2.45, 2.75) is 25.2 Å². The molecule has 0 radical (unpaired) electrons. The average Bonchev–Trinajstić information content (AvgIpc) is 2.42. The first-order valence-electron chi connectivity index (χ1n) is 6.41. The van der Waals surface area contributed by atoms with Crippen molar-refractivity contribution in [2.24, 2.45) is 0 Å². The normalized spacial score (nSPS) is 11.3. The Kier molecular flexibility index (Phi) is 3.99. The van der Waals surface area contributed by atoms with Gasteiger partial charge in [0.05, 0.1) is 10.6 Å². The van der Waals surface area contributed by atoms with Gasteiger partial charge in [-0.1, -0.05) is 31.2 Å². The summed E-state index contributed by atoms with van der Waals surface area (Å²) in [6.07, 6.45) is 0.759. The van der Waals surface area contributed by atoms with Gasteiger partial charge in [-0.25, -0.2) is 8.42 Å². The minimum atomic E-state index is -3.63. The van der Waals surface area contributed by atoms with Crippen LogP contribution in [0, 0.1) is 6.92 Å². The van der Waals surface area contributed by atoms with E-state index < -0.39 is 10.0 Å². The molecule has 0 saturated heterocycles. The van der Waals surface area contributed by atoms with Crippen LogP contribution in [0.4, 0.5) is 11.4 Å². The molecule has 0 aliphatic heterocycles. The molecule has 2 aromatic rings. The molecule has 0 saturated carbocycles. The summed E-state index contributed by atoms with van der Waals surface area (Å²) in [4.78, 5) is 0.211. The van der Waals surface area contributed by atoms with Crippen LogP contribution in [0.2, 0.25) is 0 Å². The van der Waals surface area contributed by atoms with Crippen LogP contribution >= 0.6 is 0 Å². The molecule has 0 heterocycles. The van der Waals surface area contributed by atoms with Crippen molar-refractivity contribution in [1.82, 2.24) is 0 Å². The second kappa shape index (κ2) is 5.54. The van der Waals surface area contributed by atoms with Crippen LogP contribution in [0.25, 0.3) is 0 Å². The third kappa shape index (κ3) is 2.77. The number of aryl methyl sites for hydroxylation is 1. The predicted molar refractivity (Wildman–Crippen MR) is 82.2 cm³/mol. The van der Waals surface area contributed by atoms with Crippen molar-refractivity contribution in [3.63, 3.8) is 0 Å². The molecule has 0 atom stereocenters. The Labute approximate surface area is 119 Å². The molecule has 0 spiro atoms. The molecule has 0 aromatic heterocycles. The van der Waals surface area contributed by atoms with Gasteiger partial charge in [0.25, 0.3) is 10.0 Å². The number of benzene rings is 2. The third-order valence-corrected chi connectivity index (χ3v) is 4.77. The van der Waals surface area contributed by atoms with Gasteiger partial charge in [-0.2, -0.15) is 0 Å². The smallest absolute Gasteiger partial charge is 0.262 e. The lowest BCUT2D eigenvalue weighted by molar-refractivity contribution is 0.600. The molecule has 106 valence electrons. The van der Waals surface area contributed by atoms with Crippen molar-refractivity contribution in [3.8, 4) is 0 Å². The fourth-order valence-corrected chi connectivity index (χ4v) is 3.43. The van der Waals surface area contributed by atoms with Crippen molar-refractivity contribution in [2.75, 3.05) is 10.5 Å². The molecule has 0 aliphatic carbocycles. The van der Waals surface area contributed by atoms with Crippen molar-refractivity contribution < 1.29 is 8.42 Å². The highest BCUT2D eigenvalue weighted by Gasteiger charge is 2.18. The van der Waals surface area contributed by atoms with Gasteiger partial charge in [-0.15, -0.1) is 0 Å². The molecule has 3 N–H and O–H groups in total. The van der Waals surface area contributed by atoms with Crippen LogP contribution in [-0.4, -0.2) is 8.42 Å². The quantitative estimate of drug-likeness (QED) is 0.850. The SMILES string of the molecule is CCc1ccccc1NS(=O)(=O)c1cccc(N)c1C. The Hall–Kier alpha value is -2.01. The molecular formula is C15H18N2O2S. The molecular weight excluding hydrogens is 272 g/mol. The molecule has 0 unspecified atom stereocenters. The minimum Gasteiger partial charge on any atom is -0.398 e. The molecule has 2 aromatic carbocycles. The van der Waals surface area contributed by atoms with Crippen molar-refractivity contribution in [3.05, 3.63) is 53.6 Å². The van der Waals surface area contributed by atoms with Crippen LogP contribution in [0.1, 0.15) is 18.1 Å². The van der Waals surface area contributed by atoms with Crippen LogP contribution in [-0.2, 0) is 16.4 Å². The van der Waals surface area contributed by atoms with E-state index in [-0.39, 0.29) is 4.90 Å². The topological polar surface area (TPSA) is 72.2 Å². The van der Waals surface area contributed by atoms with Crippen LogP contribution in [0.15, 0.2) is 47.4 Å². The summed E-state index contributed by atoms with van der Waals surface area (Å²) in [6.45, 7) is 3.69. The number of sulfonamides is 1. The largest absolute Gasteiger partial charge is 0.398 e. The van der Waals surface area contributed by atoms with Crippen molar-refractivity contribution >= 4 is 21.4 Å². The summed E-state index contributed by atoms with van der Waals surface area (Å²) in [5.74, 6) is 0. The summed E-state index contributed by atoms with van der Waals surface area (Å²) in [5, 5.41) is 0. The van der Waals surface area contributed by atoms with E-state index in [0.29, 0.717) is 16.9 Å². The number of rotatable bonds is 4. The van der Waals surface area contributed by atoms with E-state index >= 15 is 0 Å². The summed E-state index contributed by atoms with van der Waals surface area (Å²) >= 11 is 0. The fraction of sp³-hybridized carbons (Fsp3) is 0.200. The molecule has 0 bridgehead atoms. The lowest BCUT2D eigenvalue weighted by Crippen LogP contribution is -2.16. The van der Waals surface area contributed by atoms with Gasteiger partial charge in [0.2, 0.25) is 0 Å². The van der Waals surface area contributed by atoms with Crippen LogP contribution in [0.5, 0.6) is 0 Å². The molecule has 0 amide bonds. The average molecular weight is 290 g/mol. The zero-order chi connectivity index (χ0) is 14.8. The first-order chi connectivity index (χ1) is 9.45. The van der Waals surface area contributed by atoms with Gasteiger partial charge in [0, 0.05) is 5.69 Å². The van der Waals surface area contributed by atoms with Gasteiger partial charge in [-0.3, -0.25) is 4.72 Å². The maximum atomic E-state index is 12.5. The zero-order valence-electron chi connectivity index (χ0n) is 11.6. The van der Waals surface area contributed by atoms with E-state index in [1.54, 1.807) is 31.2 Å². The van der Waals surface area contributed by atoms with E-state index in [4.69, 9.17) is 5.73 Å². The van der Waals surface area contributed by atoms with E-state index in [0.717, 1.165) is 12.0 Å². The standard InChI is InChI=1S/C15H18N2O2S/c1-3-12-7-4-5-9-14(12)17-20(18,19)15-10-6-8-13(16)11(15)2/h4-10,17H,3,16H2,1-2H3. The number of nitrogen functional groups attached to an aromatic ring is 1. The monoisotopic (exact) mass is 290 g/mol. The fourth-order valence-electron chi connectivity index (χ4n) is 2.05. The highest BCUT2D eigenvalue weighted by molar-refractivity contribution is 7.92. The highest BCUT2D eigenvalue weighted by Crippen LogP contribution is 2.24. The molecule has 5 heteroatoms. The van der Waals surface area contributed by atoms with E-state index in [2.05, 4.69) is 4.72 Å². The molecule has 2 rings (SSSR count). The minimum absolute atomic E-state index is 0.211. The number of nitrogens with two attached hydrogens (primary N) is 1. The molecule has 0 aliphatic rings. The number of anilines is 2. The lowest BCUT2D eigenvalue weighted by atomic mass is 10.1. The predicted octanol–water partition coefficient (Wildman–Crippen LogP) is 2.94. The van der Waals surface area contributed by atoms with Gasteiger partial charge in [0.1, 0.15) is 0 Å². The summed E-state index contributed by atoms with van der Waals surface area (Å²) < 4.78 is 27.6. The van der Waals surface area contributed by atoms with Gasteiger partial charge < -0.3 is 5.73 Å². The first kappa shape index (κ1) is 14.4. The van der Waals surface area contributed by atoms with Crippen molar-refractivity contribution in [1.29, 1.82) is 0 Å². The maximum Gasteiger partial charge on any atom is 0.262 e. The van der Waals surface area contributed by atoms with Gasteiger partial charge in [0.15, 0.2) is 0 Å². The molecule has 20 heavy (non-hydrogen) atoms. The summed E-state index contributed by atoms with van der Waals surface area (Å²) in [5.41, 5.74) is 8.37. The van der Waals surface area contributed by atoms with E-state index in [9.17, 15) is 8.42 Å². The van der Waals surface area contributed by atoms with Crippen LogP contribution < -0.4 is 10.5 Å². The summed E-state index contributed by atoms with van der Waals surface area (Å²) in [7, 11) is -3.63. The lowest BCUT2D eigenvalue weighted by Gasteiger charge is -2.14. The second-order valence-corrected chi connectivity index (χ2v) is 6.24. The Morgan fingerprint density at radius 1 is 1.10 bits per heavy atom. The number of para-hydroxylation sites is 1. The number of hydrogen-bond acceptors (Lipinski definition) is 3. The van der Waals surface area contributed by atoms with Gasteiger partial charge >= 0.3 is 0 Å². The number of hydrogen-bond donors (Lipinski definition) is 2. The Bertz CT molecular complexity index is 724. The Balaban J connectivity index is 2.44. The molecule has 0 fully saturated rings. The van der Waals surface area contributed by atoms with E-state index in [1.165, 1.54) is 0 Å². The first-order valence-corrected chi connectivity index (χ1v) is 7.90.